The molecule has 20 rings (SSSR count). The van der Waals surface area contributed by atoms with Crippen LogP contribution in [0, 0.1) is 33.6 Å². The van der Waals surface area contributed by atoms with Gasteiger partial charge in [0.1, 0.15) is 45.8 Å². The Hall–Kier alpha value is -12.3. The Bertz CT molecular complexity index is 6140. The van der Waals surface area contributed by atoms with E-state index in [0.29, 0.717) is 67.6 Å². The van der Waals surface area contributed by atoms with Crippen LogP contribution >= 0.6 is 0 Å². The quantitative estimate of drug-likeness (QED) is 0.0263. The smallest absolute Gasteiger partial charge is 0.224 e. The van der Waals surface area contributed by atoms with Crippen LogP contribution in [-0.4, -0.2) is 234 Å². The highest BCUT2D eigenvalue weighted by Crippen LogP contribution is 2.45. The summed E-state index contributed by atoms with van der Waals surface area (Å²) in [6.45, 7) is 27.6. The van der Waals surface area contributed by atoms with E-state index in [1.54, 1.807) is 45.7 Å². The number of aryl methyl sites for hydroxylation is 4. The number of aromatic nitrogens is 5. The number of nitrogens with zero attached hydrogens (tertiary/aromatic N) is 10. The standard InChI is InChI=1S/C28H36N4O4.C28H37N3O3.C27H30N4O3.C27H35N3O4/c1-19-7-8-25(36-19)24-17-22(29-20-9-13-31(2)28(33)15-20)21-16-26(34-3)27(18-23(21)30-24)35-14-6-12-32-10-4-5-11-32;1-20-10-11-26(34-20)25-17-23(29-19-21-8-3-4-9-21)22-16-27(32-2)28(18-24(22)30-25)33-15-7-14-31-12-5-6-13-31;1-19-6-7-25(34-19)24-17-22(29-20-8-10-28-11-9-20)21-16-26(32-2)27(18-23(21)30-24)33-15-5-14-31-12-3-4-13-31;1-19-6-7-25(34-19)24-17-22(28-20-8-14-32-15-9-20)21-16-26(31-2)27(18-23(21)29-24)33-13-5-12-30-10-3-4-11-30/h7-8,16-18,20H,4-6,9-15H2,1-3H3,(H,29,30);10-11,16-18,21H,3-9,12-15,19H2,1-2H3,(H,29,30);6-11,16-18H,3-5,12-15H2,1-2H3,(H,28,29,30);6-7,16-18,20H,3-5,8-15H2,1-2H3,(H,28,29). The zero-order valence-corrected chi connectivity index (χ0v) is 82.1. The Morgan fingerprint density at radius 3 is 1.04 bits per heavy atom. The lowest BCUT2D eigenvalue weighted by atomic mass is 10.0. The van der Waals surface area contributed by atoms with Crippen LogP contribution < -0.4 is 59.2 Å². The molecule has 28 nitrogen and oxygen atoms in total. The molecule has 9 aromatic heterocycles. The van der Waals surface area contributed by atoms with Crippen LogP contribution in [0.15, 0.2) is 164 Å². The van der Waals surface area contributed by atoms with Crippen molar-refractivity contribution in [3.05, 3.63) is 169 Å². The third-order valence-corrected chi connectivity index (χ3v) is 27.3. The number of piperidine rings is 1. The first-order valence-electron chi connectivity index (χ1n) is 50.1. The lowest BCUT2D eigenvalue weighted by Gasteiger charge is -2.30. The van der Waals surface area contributed by atoms with Crippen molar-refractivity contribution in [1.82, 2.24) is 49.4 Å². The van der Waals surface area contributed by atoms with Gasteiger partial charge in [0.25, 0.3) is 0 Å². The Kier molecular flexibility index (Phi) is 33.7. The van der Waals surface area contributed by atoms with Gasteiger partial charge in [-0.3, -0.25) is 9.78 Å². The van der Waals surface area contributed by atoms with E-state index in [9.17, 15) is 4.79 Å². The van der Waals surface area contributed by atoms with Crippen LogP contribution in [0.2, 0.25) is 0 Å². The molecule has 1 aliphatic carbocycles. The second-order valence-electron chi connectivity index (χ2n) is 37.5. The monoisotopic (exact) mass is 1880 g/mol. The molecule has 0 bridgehead atoms. The Morgan fingerprint density at radius 1 is 0.362 bits per heavy atom. The van der Waals surface area contributed by atoms with Crippen LogP contribution in [0.25, 0.3) is 89.4 Å². The fourth-order valence-electron chi connectivity index (χ4n) is 19.6. The number of likely N-dealkylation sites (tertiary alicyclic amines) is 5. The fourth-order valence-corrected chi connectivity index (χ4v) is 19.6. The topological polar surface area (TPSA) is 281 Å². The van der Waals surface area contributed by atoms with Gasteiger partial charge in [0, 0.05) is 159 Å². The number of pyridine rings is 5. The highest BCUT2D eigenvalue weighted by Gasteiger charge is 2.29. The van der Waals surface area contributed by atoms with Crippen molar-refractivity contribution in [3.63, 3.8) is 0 Å². The molecule has 7 fully saturated rings. The number of rotatable bonds is 37. The van der Waals surface area contributed by atoms with E-state index in [1.807, 2.05) is 150 Å². The van der Waals surface area contributed by atoms with Gasteiger partial charge in [-0.1, -0.05) is 12.8 Å². The second kappa shape index (κ2) is 47.8. The average Bonchev–Trinajstić information content (AvgIpc) is 1.76. The van der Waals surface area contributed by atoms with E-state index < -0.39 is 0 Å². The summed E-state index contributed by atoms with van der Waals surface area (Å²) in [4.78, 5) is 47.9. The molecule has 0 spiro atoms. The number of furan rings is 4. The number of anilines is 5. The minimum atomic E-state index is 0.0537. The van der Waals surface area contributed by atoms with Gasteiger partial charge >= 0.3 is 0 Å². The predicted molar refractivity (Wildman–Crippen MR) is 546 cm³/mol. The Labute approximate surface area is 810 Å². The summed E-state index contributed by atoms with van der Waals surface area (Å²) in [5.74, 6) is 13.0. The lowest BCUT2D eigenvalue weighted by Crippen LogP contribution is -2.41. The zero-order chi connectivity index (χ0) is 95.1. The van der Waals surface area contributed by atoms with E-state index in [0.717, 1.165) is 261 Å². The van der Waals surface area contributed by atoms with E-state index in [4.69, 9.17) is 80.2 Å². The van der Waals surface area contributed by atoms with Gasteiger partial charge in [0.05, 0.1) is 82.6 Å². The molecule has 6 aliphatic heterocycles. The summed E-state index contributed by atoms with van der Waals surface area (Å²) in [5.41, 5.74) is 11.3. The van der Waals surface area contributed by atoms with Gasteiger partial charge in [0.15, 0.2) is 69.0 Å². The maximum Gasteiger partial charge on any atom is 0.224 e. The van der Waals surface area contributed by atoms with E-state index in [2.05, 4.69) is 64.0 Å². The molecular weight excluding hydrogens is 1740 g/mol. The molecule has 15 heterocycles. The second-order valence-corrected chi connectivity index (χ2v) is 37.5. The van der Waals surface area contributed by atoms with Crippen LogP contribution in [0.3, 0.4) is 0 Å². The van der Waals surface area contributed by atoms with E-state index in [1.165, 1.54) is 129 Å². The number of benzene rings is 4. The molecule has 1 amide bonds. The summed E-state index contributed by atoms with van der Waals surface area (Å²) in [6.07, 6.45) is 26.5. The van der Waals surface area contributed by atoms with Crippen LogP contribution in [-0.2, 0) is 9.53 Å². The number of methoxy groups -OCH3 is 4. The number of fused-ring (bicyclic) bond motifs is 4. The van der Waals surface area contributed by atoms with Gasteiger partial charge in [-0.05, 0) is 304 Å². The molecule has 4 aromatic carbocycles. The minimum absolute atomic E-state index is 0.0537. The Balaban J connectivity index is 0.000000127. The zero-order valence-electron chi connectivity index (χ0n) is 82.1. The SMILES string of the molecule is COc1cc2c(NC3CCN(C)C(=O)C3)cc(-c3ccc(C)o3)nc2cc1OCCCN1CCCC1.COc1cc2c(NC3CCOCC3)cc(-c3ccc(C)o3)nc2cc1OCCCN1CCCC1.COc1cc2c(NCC3CCCC3)cc(-c3ccc(C)o3)nc2cc1OCCCN1CCCC1.COc1cc2c(Nc3ccncc3)cc(-c3ccc(C)o3)nc2cc1OCCCN1CCCC1. The molecule has 4 N–H and O–H groups in total. The summed E-state index contributed by atoms with van der Waals surface area (Å²) in [6, 6.07) is 44.1. The predicted octanol–water partition coefficient (Wildman–Crippen LogP) is 22.1. The van der Waals surface area contributed by atoms with Crippen LogP contribution in [0.4, 0.5) is 28.4 Å². The molecule has 1 saturated carbocycles. The number of hydrogen-bond donors (Lipinski definition) is 4. The molecule has 7 aliphatic rings. The largest absolute Gasteiger partial charge is 0.493 e. The lowest BCUT2D eigenvalue weighted by molar-refractivity contribution is -0.132. The van der Waals surface area contributed by atoms with Gasteiger partial charge < -0.3 is 106 Å². The number of amides is 1. The van der Waals surface area contributed by atoms with Crippen molar-refractivity contribution < 1.29 is 65.1 Å². The third-order valence-electron chi connectivity index (χ3n) is 27.3. The molecule has 13 aromatic rings. The van der Waals surface area contributed by atoms with Crippen molar-refractivity contribution in [2.75, 3.05) is 188 Å². The molecule has 138 heavy (non-hydrogen) atoms. The maximum atomic E-state index is 12.3. The van der Waals surface area contributed by atoms with E-state index >= 15 is 0 Å². The minimum Gasteiger partial charge on any atom is -0.493 e. The summed E-state index contributed by atoms with van der Waals surface area (Å²) >= 11 is 0. The average molecular weight is 1880 g/mol. The number of ether oxygens (including phenoxy) is 9. The molecule has 28 heteroatoms. The first kappa shape index (κ1) is 97.3. The highest BCUT2D eigenvalue weighted by atomic mass is 16.5. The van der Waals surface area contributed by atoms with Gasteiger partial charge in [-0.2, -0.15) is 0 Å². The molecule has 732 valence electrons. The van der Waals surface area contributed by atoms with Crippen molar-refractivity contribution in [2.24, 2.45) is 5.92 Å². The van der Waals surface area contributed by atoms with Gasteiger partial charge in [0.2, 0.25) is 5.91 Å². The molecule has 1 atom stereocenters. The van der Waals surface area contributed by atoms with Crippen molar-refractivity contribution in [3.8, 4) is 91.8 Å². The normalized spacial score (nSPS) is 16.8. The summed E-state index contributed by atoms with van der Waals surface area (Å²) in [5, 5.41) is 18.5. The van der Waals surface area contributed by atoms with Crippen LogP contribution in [0.1, 0.15) is 151 Å². The highest BCUT2D eigenvalue weighted by molar-refractivity contribution is 6.00. The number of carbonyl (C=O) groups excluding carboxylic acids is 1. The maximum absolute atomic E-state index is 12.3. The fraction of sp³-hybridized carbons (Fsp3) is 0.473. The third kappa shape index (κ3) is 25.8. The first-order valence-corrected chi connectivity index (χ1v) is 50.1. The Morgan fingerprint density at radius 2 is 0.696 bits per heavy atom. The summed E-state index contributed by atoms with van der Waals surface area (Å²) in [7, 11) is 8.58. The van der Waals surface area contributed by atoms with Crippen LogP contribution in [0.5, 0.6) is 46.0 Å². The molecular formula is C110H138N14O14. The van der Waals surface area contributed by atoms with Crippen molar-refractivity contribution in [1.29, 1.82) is 0 Å². The first-order chi connectivity index (χ1) is 67.6. The number of nitrogens with one attached hydrogen (secondary N) is 4. The van der Waals surface area contributed by atoms with Gasteiger partial charge in [-0.25, -0.2) is 19.9 Å². The van der Waals surface area contributed by atoms with Gasteiger partial charge in [-0.15, -0.1) is 0 Å². The number of hydrogen-bond acceptors (Lipinski definition) is 27. The molecule has 0 radical (unpaired) electrons. The van der Waals surface area contributed by atoms with Crippen molar-refractivity contribution >= 4 is 78.0 Å². The van der Waals surface area contributed by atoms with E-state index in [-0.39, 0.29) is 11.9 Å². The summed E-state index contributed by atoms with van der Waals surface area (Å²) < 4.78 is 76.6. The van der Waals surface area contributed by atoms with Crippen molar-refractivity contribution in [2.45, 2.75) is 168 Å². The molecule has 6 saturated heterocycles. The molecule has 1 unspecified atom stereocenters. The number of carbonyl (C=O) groups is 1.